The van der Waals surface area contributed by atoms with Gasteiger partial charge in [-0.25, -0.2) is 4.68 Å². The maximum atomic E-state index is 12.2. The number of rotatable bonds is 5. The Hall–Kier alpha value is -3.06. The van der Waals surface area contributed by atoms with Crippen LogP contribution in [0.25, 0.3) is 22.0 Å². The summed E-state index contributed by atoms with van der Waals surface area (Å²) in [5, 5.41) is 8.49. The maximum absolute atomic E-state index is 12.2. The number of benzene rings is 1. The molecule has 4 rings (SSSR count). The summed E-state index contributed by atoms with van der Waals surface area (Å²) >= 11 is 1.64. The lowest BCUT2D eigenvalue weighted by atomic mass is 10.0. The second kappa shape index (κ2) is 7.52. The average molecular weight is 392 g/mol. The van der Waals surface area contributed by atoms with Gasteiger partial charge in [0.05, 0.1) is 4.88 Å². The second-order valence-corrected chi connectivity index (χ2v) is 8.20. The van der Waals surface area contributed by atoms with Crippen LogP contribution in [0.5, 0.6) is 0 Å². The Morgan fingerprint density at radius 3 is 2.54 bits per heavy atom. The van der Waals surface area contributed by atoms with Gasteiger partial charge in [-0.1, -0.05) is 43.3 Å². The van der Waals surface area contributed by atoms with Gasteiger partial charge in [0, 0.05) is 16.5 Å². The first-order chi connectivity index (χ1) is 13.5. The molecule has 142 valence electrons. The van der Waals surface area contributed by atoms with E-state index < -0.39 is 0 Å². The molecule has 0 aliphatic carbocycles. The van der Waals surface area contributed by atoms with E-state index in [4.69, 9.17) is 4.52 Å². The van der Waals surface area contributed by atoms with Crippen LogP contribution in [0.1, 0.15) is 36.1 Å². The SMILES string of the molecule is Cc1ccc(-c2ccc(=O)n(Cc3nc(-c4ccc(C(C)C)cc4)no3)n2)s1. The van der Waals surface area contributed by atoms with Gasteiger partial charge in [-0.15, -0.1) is 11.3 Å². The molecule has 7 heteroatoms. The number of hydrogen-bond donors (Lipinski definition) is 0. The molecule has 1 aromatic carbocycles. The van der Waals surface area contributed by atoms with Gasteiger partial charge in [0.15, 0.2) is 0 Å². The van der Waals surface area contributed by atoms with E-state index in [2.05, 4.69) is 41.2 Å². The molecule has 6 nitrogen and oxygen atoms in total. The first-order valence-electron chi connectivity index (χ1n) is 9.07. The van der Waals surface area contributed by atoms with Gasteiger partial charge in [0.2, 0.25) is 11.7 Å². The molecule has 4 aromatic rings. The quantitative estimate of drug-likeness (QED) is 0.500. The van der Waals surface area contributed by atoms with Crippen molar-refractivity contribution in [2.24, 2.45) is 0 Å². The first kappa shape index (κ1) is 18.3. The van der Waals surface area contributed by atoms with Crippen LogP contribution in [0.15, 0.2) is 57.8 Å². The van der Waals surface area contributed by atoms with Crippen molar-refractivity contribution >= 4 is 11.3 Å². The van der Waals surface area contributed by atoms with E-state index in [1.165, 1.54) is 21.2 Å². The third-order valence-electron chi connectivity index (χ3n) is 4.45. The maximum Gasteiger partial charge on any atom is 0.267 e. The molecular weight excluding hydrogens is 372 g/mol. The topological polar surface area (TPSA) is 73.8 Å². The van der Waals surface area contributed by atoms with E-state index in [1.54, 1.807) is 17.4 Å². The zero-order chi connectivity index (χ0) is 19.7. The monoisotopic (exact) mass is 392 g/mol. The molecule has 28 heavy (non-hydrogen) atoms. The Bertz CT molecular complexity index is 1160. The molecule has 3 heterocycles. The van der Waals surface area contributed by atoms with E-state index in [0.717, 1.165) is 16.1 Å². The molecule has 3 aromatic heterocycles. The lowest BCUT2D eigenvalue weighted by Crippen LogP contribution is -2.22. The highest BCUT2D eigenvalue weighted by atomic mass is 32.1. The lowest BCUT2D eigenvalue weighted by Gasteiger charge is -2.04. The van der Waals surface area contributed by atoms with Crippen LogP contribution in [-0.4, -0.2) is 19.9 Å². The minimum absolute atomic E-state index is 0.133. The van der Waals surface area contributed by atoms with Gasteiger partial charge in [-0.3, -0.25) is 4.79 Å². The van der Waals surface area contributed by atoms with E-state index in [9.17, 15) is 4.79 Å². The predicted octanol–water partition coefficient (Wildman–Crippen LogP) is 4.50. The van der Waals surface area contributed by atoms with E-state index in [1.807, 2.05) is 31.2 Å². The molecule has 0 fully saturated rings. The molecule has 0 bridgehead atoms. The molecule has 0 amide bonds. The van der Waals surface area contributed by atoms with Gasteiger partial charge >= 0.3 is 0 Å². The Balaban J connectivity index is 1.58. The fraction of sp³-hybridized carbons (Fsp3) is 0.238. The largest absolute Gasteiger partial charge is 0.337 e. The normalized spacial score (nSPS) is 11.3. The van der Waals surface area contributed by atoms with Crippen LogP contribution >= 0.6 is 11.3 Å². The molecule has 0 aliphatic rings. The van der Waals surface area contributed by atoms with E-state index >= 15 is 0 Å². The van der Waals surface area contributed by atoms with Crippen LogP contribution in [0, 0.1) is 6.92 Å². The number of aromatic nitrogens is 4. The molecule has 0 N–H and O–H groups in total. The molecule has 0 atom stereocenters. The van der Waals surface area contributed by atoms with Crippen molar-refractivity contribution in [2.45, 2.75) is 33.2 Å². The van der Waals surface area contributed by atoms with Gasteiger partial charge in [-0.2, -0.15) is 10.1 Å². The molecule has 0 aliphatic heterocycles. The minimum atomic E-state index is -0.210. The summed E-state index contributed by atoms with van der Waals surface area (Å²) in [6.07, 6.45) is 0. The Morgan fingerprint density at radius 2 is 1.86 bits per heavy atom. The van der Waals surface area contributed by atoms with Gasteiger partial charge in [-0.05, 0) is 36.6 Å². The van der Waals surface area contributed by atoms with Crippen molar-refractivity contribution in [1.29, 1.82) is 0 Å². The Labute approximate surface area is 166 Å². The van der Waals surface area contributed by atoms with Crippen molar-refractivity contribution in [2.75, 3.05) is 0 Å². The standard InChI is InChI=1S/C21H20N4O2S/c1-13(2)15-5-7-16(8-6-15)21-22-19(27-24-21)12-25-20(26)11-9-17(23-25)18-10-4-14(3)28-18/h4-11,13H,12H2,1-3H3. The Morgan fingerprint density at radius 1 is 1.07 bits per heavy atom. The Kier molecular flexibility index (Phi) is 4.92. The van der Waals surface area contributed by atoms with Crippen LogP contribution in [0.4, 0.5) is 0 Å². The zero-order valence-corrected chi connectivity index (χ0v) is 16.7. The molecular formula is C21H20N4O2S. The molecule has 0 spiro atoms. The van der Waals surface area contributed by atoms with E-state index in [-0.39, 0.29) is 12.1 Å². The van der Waals surface area contributed by atoms with Crippen molar-refractivity contribution in [3.63, 3.8) is 0 Å². The van der Waals surface area contributed by atoms with Crippen LogP contribution in [0.2, 0.25) is 0 Å². The fourth-order valence-corrected chi connectivity index (χ4v) is 3.68. The molecule has 0 radical (unpaired) electrons. The summed E-state index contributed by atoms with van der Waals surface area (Å²) in [7, 11) is 0. The smallest absolute Gasteiger partial charge is 0.267 e. The average Bonchev–Trinajstić information content (AvgIpc) is 3.33. The molecule has 0 saturated carbocycles. The highest BCUT2D eigenvalue weighted by molar-refractivity contribution is 7.15. The summed E-state index contributed by atoms with van der Waals surface area (Å²) in [6.45, 7) is 6.47. The third kappa shape index (κ3) is 3.80. The van der Waals surface area contributed by atoms with Gasteiger partial charge in [0.1, 0.15) is 12.2 Å². The van der Waals surface area contributed by atoms with Crippen molar-refractivity contribution in [1.82, 2.24) is 19.9 Å². The van der Waals surface area contributed by atoms with Gasteiger partial charge < -0.3 is 4.52 Å². The number of thiophene rings is 1. The fourth-order valence-electron chi connectivity index (χ4n) is 2.85. The second-order valence-electron chi connectivity index (χ2n) is 6.91. The first-order valence-corrected chi connectivity index (χ1v) is 9.89. The highest BCUT2D eigenvalue weighted by Gasteiger charge is 2.12. The summed E-state index contributed by atoms with van der Waals surface area (Å²) in [5.41, 5.74) is 2.67. The van der Waals surface area contributed by atoms with Crippen LogP contribution < -0.4 is 5.56 Å². The zero-order valence-electron chi connectivity index (χ0n) is 15.9. The third-order valence-corrected chi connectivity index (χ3v) is 5.47. The van der Waals surface area contributed by atoms with Crippen LogP contribution in [0.3, 0.4) is 0 Å². The van der Waals surface area contributed by atoms with Crippen LogP contribution in [-0.2, 0) is 6.54 Å². The van der Waals surface area contributed by atoms with Crippen molar-refractivity contribution in [3.8, 4) is 22.0 Å². The summed E-state index contributed by atoms with van der Waals surface area (Å²) in [6, 6.07) is 15.4. The van der Waals surface area contributed by atoms with E-state index in [0.29, 0.717) is 17.6 Å². The number of nitrogens with zero attached hydrogens (tertiary/aromatic N) is 4. The predicted molar refractivity (Wildman–Crippen MR) is 109 cm³/mol. The number of hydrogen-bond acceptors (Lipinski definition) is 6. The summed E-state index contributed by atoms with van der Waals surface area (Å²) in [5.74, 6) is 1.31. The highest BCUT2D eigenvalue weighted by Crippen LogP contribution is 2.25. The molecule has 0 saturated heterocycles. The summed E-state index contributed by atoms with van der Waals surface area (Å²) in [4.78, 5) is 18.8. The number of aryl methyl sites for hydroxylation is 1. The van der Waals surface area contributed by atoms with Crippen molar-refractivity contribution < 1.29 is 4.52 Å². The van der Waals surface area contributed by atoms with Gasteiger partial charge in [0.25, 0.3) is 5.56 Å². The summed E-state index contributed by atoms with van der Waals surface area (Å²) < 4.78 is 6.70. The lowest BCUT2D eigenvalue weighted by molar-refractivity contribution is 0.363. The van der Waals surface area contributed by atoms with Crippen molar-refractivity contribution in [3.05, 3.63) is 75.2 Å². The minimum Gasteiger partial charge on any atom is -0.337 e. The molecule has 0 unspecified atom stereocenters.